The van der Waals surface area contributed by atoms with Crippen LogP contribution < -0.4 is 5.32 Å². The molecule has 0 aromatic heterocycles. The standard InChI is InChI=1S/C8H10.C6H13NO/c1-7-4-3-5-8(2)6-7;1-6(8-2)3-4-7-5-6/h3-6H,1-2H3;7H,3-5H2,1-2H3. The number of rotatable bonds is 1. The Balaban J connectivity index is 0.000000160. The molecule has 0 aliphatic carbocycles. The second kappa shape index (κ2) is 6.02. The van der Waals surface area contributed by atoms with Crippen LogP contribution in [0.4, 0.5) is 0 Å². The van der Waals surface area contributed by atoms with Gasteiger partial charge in [0, 0.05) is 13.7 Å². The van der Waals surface area contributed by atoms with Gasteiger partial charge in [-0.15, -0.1) is 0 Å². The summed E-state index contributed by atoms with van der Waals surface area (Å²) in [6.45, 7) is 8.45. The zero-order valence-corrected chi connectivity index (χ0v) is 10.8. The number of hydrogen-bond acceptors (Lipinski definition) is 2. The maximum absolute atomic E-state index is 5.24. The van der Waals surface area contributed by atoms with Crippen molar-refractivity contribution in [3.05, 3.63) is 35.4 Å². The molecule has 1 heterocycles. The molecule has 1 N–H and O–H groups in total. The Labute approximate surface area is 99.0 Å². The van der Waals surface area contributed by atoms with Crippen LogP contribution in [0.1, 0.15) is 24.5 Å². The van der Waals surface area contributed by atoms with Crippen molar-refractivity contribution in [3.63, 3.8) is 0 Å². The molecule has 90 valence electrons. The summed E-state index contributed by atoms with van der Waals surface area (Å²) in [5.74, 6) is 0. The zero-order chi connectivity index (χ0) is 12.0. The molecule has 1 saturated heterocycles. The van der Waals surface area contributed by atoms with Crippen molar-refractivity contribution in [1.82, 2.24) is 5.32 Å². The minimum atomic E-state index is 0.125. The van der Waals surface area contributed by atoms with Crippen LogP contribution in [0.15, 0.2) is 24.3 Å². The lowest BCUT2D eigenvalue weighted by atomic mass is 10.1. The third kappa shape index (κ3) is 4.33. The summed E-state index contributed by atoms with van der Waals surface area (Å²) in [7, 11) is 1.77. The van der Waals surface area contributed by atoms with Gasteiger partial charge in [-0.25, -0.2) is 0 Å². The van der Waals surface area contributed by atoms with Crippen LogP contribution in [0, 0.1) is 13.8 Å². The molecule has 0 saturated carbocycles. The van der Waals surface area contributed by atoms with Gasteiger partial charge in [0.1, 0.15) is 0 Å². The molecule has 2 heteroatoms. The SMILES string of the molecule is COC1(C)CCNC1.Cc1cccc(C)c1. The molecule has 2 nitrogen and oxygen atoms in total. The Morgan fingerprint density at radius 1 is 1.25 bits per heavy atom. The van der Waals surface area contributed by atoms with Crippen molar-refractivity contribution >= 4 is 0 Å². The van der Waals surface area contributed by atoms with Crippen LogP contribution in [0.2, 0.25) is 0 Å². The Morgan fingerprint density at radius 2 is 1.88 bits per heavy atom. The van der Waals surface area contributed by atoms with Gasteiger partial charge in [0.2, 0.25) is 0 Å². The molecule has 1 unspecified atom stereocenters. The number of nitrogens with one attached hydrogen (secondary N) is 1. The Kier molecular flexibility index (Phi) is 4.97. The van der Waals surface area contributed by atoms with Crippen molar-refractivity contribution in [2.75, 3.05) is 20.2 Å². The molecule has 2 rings (SSSR count). The van der Waals surface area contributed by atoms with Gasteiger partial charge >= 0.3 is 0 Å². The lowest BCUT2D eigenvalue weighted by Crippen LogP contribution is -2.29. The van der Waals surface area contributed by atoms with E-state index in [0.717, 1.165) is 19.5 Å². The van der Waals surface area contributed by atoms with Gasteiger partial charge in [0.15, 0.2) is 0 Å². The van der Waals surface area contributed by atoms with Gasteiger partial charge in [-0.05, 0) is 33.7 Å². The predicted octanol–water partition coefficient (Wildman–Crippen LogP) is 2.69. The van der Waals surface area contributed by atoms with Gasteiger partial charge < -0.3 is 10.1 Å². The van der Waals surface area contributed by atoms with E-state index in [2.05, 4.69) is 50.4 Å². The number of hydrogen-bond donors (Lipinski definition) is 1. The van der Waals surface area contributed by atoms with Crippen LogP contribution >= 0.6 is 0 Å². The highest BCUT2D eigenvalue weighted by atomic mass is 16.5. The molecule has 0 radical (unpaired) electrons. The Bertz CT molecular complexity index is 299. The summed E-state index contributed by atoms with van der Waals surface area (Å²) in [5.41, 5.74) is 2.80. The first-order chi connectivity index (χ1) is 7.56. The topological polar surface area (TPSA) is 21.3 Å². The molecule has 1 aliphatic rings. The number of benzene rings is 1. The molecule has 16 heavy (non-hydrogen) atoms. The highest BCUT2D eigenvalue weighted by molar-refractivity contribution is 5.20. The lowest BCUT2D eigenvalue weighted by Gasteiger charge is -2.19. The molecule has 1 aliphatic heterocycles. The molecule has 0 bridgehead atoms. The van der Waals surface area contributed by atoms with E-state index in [1.165, 1.54) is 11.1 Å². The molecule has 0 amide bonds. The third-order valence-electron chi connectivity index (χ3n) is 3.00. The normalized spacial score (nSPS) is 23.8. The third-order valence-corrected chi connectivity index (χ3v) is 3.00. The first-order valence-electron chi connectivity index (χ1n) is 5.85. The van der Waals surface area contributed by atoms with Gasteiger partial charge in [0.25, 0.3) is 0 Å². The van der Waals surface area contributed by atoms with E-state index in [1.807, 2.05) is 0 Å². The Hall–Kier alpha value is -0.860. The van der Waals surface area contributed by atoms with E-state index < -0.39 is 0 Å². The summed E-state index contributed by atoms with van der Waals surface area (Å²) >= 11 is 0. The van der Waals surface area contributed by atoms with Crippen molar-refractivity contribution in [2.24, 2.45) is 0 Å². The van der Waals surface area contributed by atoms with E-state index in [-0.39, 0.29) is 5.60 Å². The van der Waals surface area contributed by atoms with Crippen molar-refractivity contribution in [2.45, 2.75) is 32.8 Å². The Morgan fingerprint density at radius 3 is 2.12 bits per heavy atom. The van der Waals surface area contributed by atoms with Crippen LogP contribution in [0.5, 0.6) is 0 Å². The first-order valence-corrected chi connectivity index (χ1v) is 5.85. The molecule has 0 spiro atoms. The van der Waals surface area contributed by atoms with Gasteiger partial charge in [-0.2, -0.15) is 0 Å². The highest BCUT2D eigenvalue weighted by Gasteiger charge is 2.27. The van der Waals surface area contributed by atoms with E-state index in [1.54, 1.807) is 7.11 Å². The van der Waals surface area contributed by atoms with Crippen LogP contribution in [-0.2, 0) is 4.74 Å². The molecule has 1 fully saturated rings. The van der Waals surface area contributed by atoms with Gasteiger partial charge in [-0.3, -0.25) is 0 Å². The summed E-state index contributed by atoms with van der Waals surface area (Å²) in [5, 5.41) is 3.24. The summed E-state index contributed by atoms with van der Waals surface area (Å²) in [6.07, 6.45) is 1.14. The zero-order valence-electron chi connectivity index (χ0n) is 10.8. The van der Waals surface area contributed by atoms with E-state index in [0.29, 0.717) is 0 Å². The first kappa shape index (κ1) is 13.2. The van der Waals surface area contributed by atoms with Crippen LogP contribution in [0.25, 0.3) is 0 Å². The molecular formula is C14H23NO. The lowest BCUT2D eigenvalue weighted by molar-refractivity contribution is 0.0242. The van der Waals surface area contributed by atoms with E-state index >= 15 is 0 Å². The number of methoxy groups -OCH3 is 1. The smallest absolute Gasteiger partial charge is 0.0786 e. The second-order valence-electron chi connectivity index (χ2n) is 4.74. The van der Waals surface area contributed by atoms with Crippen LogP contribution in [0.3, 0.4) is 0 Å². The number of aryl methyl sites for hydroxylation is 2. The molecule has 1 aromatic rings. The van der Waals surface area contributed by atoms with Gasteiger partial charge in [0.05, 0.1) is 5.60 Å². The highest BCUT2D eigenvalue weighted by Crippen LogP contribution is 2.16. The predicted molar refractivity (Wildman–Crippen MR) is 68.8 cm³/mol. The number of ether oxygens (including phenoxy) is 1. The fourth-order valence-corrected chi connectivity index (χ4v) is 1.78. The van der Waals surface area contributed by atoms with E-state index in [9.17, 15) is 0 Å². The van der Waals surface area contributed by atoms with Crippen molar-refractivity contribution in [1.29, 1.82) is 0 Å². The summed E-state index contributed by atoms with van der Waals surface area (Å²) < 4.78 is 5.24. The minimum absolute atomic E-state index is 0.125. The average Bonchev–Trinajstić information content (AvgIpc) is 2.67. The maximum atomic E-state index is 5.24. The average molecular weight is 221 g/mol. The molecule has 1 atom stereocenters. The largest absolute Gasteiger partial charge is 0.377 e. The fraction of sp³-hybridized carbons (Fsp3) is 0.571. The van der Waals surface area contributed by atoms with Crippen molar-refractivity contribution in [3.8, 4) is 0 Å². The minimum Gasteiger partial charge on any atom is -0.377 e. The quantitative estimate of drug-likeness (QED) is 0.787. The second-order valence-corrected chi connectivity index (χ2v) is 4.74. The monoisotopic (exact) mass is 221 g/mol. The maximum Gasteiger partial charge on any atom is 0.0786 e. The van der Waals surface area contributed by atoms with Crippen molar-refractivity contribution < 1.29 is 4.74 Å². The summed E-state index contributed by atoms with van der Waals surface area (Å²) in [4.78, 5) is 0. The summed E-state index contributed by atoms with van der Waals surface area (Å²) in [6, 6.07) is 8.45. The molecular weight excluding hydrogens is 198 g/mol. The van der Waals surface area contributed by atoms with Gasteiger partial charge in [-0.1, -0.05) is 35.4 Å². The van der Waals surface area contributed by atoms with Crippen LogP contribution in [-0.4, -0.2) is 25.8 Å². The molecule has 1 aromatic carbocycles. The van der Waals surface area contributed by atoms with E-state index in [4.69, 9.17) is 4.74 Å². The fourth-order valence-electron chi connectivity index (χ4n) is 1.78.